The van der Waals surface area contributed by atoms with Crippen LogP contribution >= 0.6 is 43.6 Å². The van der Waals surface area contributed by atoms with Crippen LogP contribution in [0.5, 0.6) is 5.75 Å². The van der Waals surface area contributed by atoms with Gasteiger partial charge in [-0.1, -0.05) is 12.1 Å². The van der Waals surface area contributed by atoms with Crippen molar-refractivity contribution in [3.05, 3.63) is 67.2 Å². The van der Waals surface area contributed by atoms with E-state index in [1.54, 1.807) is 30.3 Å². The summed E-state index contributed by atoms with van der Waals surface area (Å²) in [6.45, 7) is 0.282. The van der Waals surface area contributed by atoms with Crippen molar-refractivity contribution in [2.45, 2.75) is 6.61 Å². The van der Waals surface area contributed by atoms with E-state index in [-0.39, 0.29) is 17.7 Å². The molecule has 2 aromatic rings. The summed E-state index contributed by atoms with van der Waals surface area (Å²) < 4.78 is 20.1. The quantitative estimate of drug-likeness (QED) is 0.599. The van der Waals surface area contributed by atoms with Crippen LogP contribution in [-0.4, -0.2) is 11.1 Å². The minimum atomic E-state index is -0.404. The molecule has 25 heavy (non-hydrogen) atoms. The normalized spacial score (nSPS) is 15.6. The van der Waals surface area contributed by atoms with Gasteiger partial charge in [-0.2, -0.15) is 0 Å². The summed E-state index contributed by atoms with van der Waals surface area (Å²) in [5.41, 5.74) is 1.57. The van der Waals surface area contributed by atoms with Gasteiger partial charge in [0.1, 0.15) is 18.2 Å². The molecule has 0 radical (unpaired) electrons. The smallest absolute Gasteiger partial charge is 0.290 e. The second kappa shape index (κ2) is 7.72. The SMILES string of the molecule is O=C1NC(=O)/C(=C\c2cc(Br)c(OCc3ccc(F)cc3)c(Br)c2)S1. The maximum absolute atomic E-state index is 12.9. The predicted molar refractivity (Wildman–Crippen MR) is 102 cm³/mol. The molecule has 8 heteroatoms. The van der Waals surface area contributed by atoms with Crippen molar-refractivity contribution < 1.29 is 18.7 Å². The topological polar surface area (TPSA) is 55.4 Å². The van der Waals surface area contributed by atoms with Crippen LogP contribution in [0.25, 0.3) is 6.08 Å². The maximum Gasteiger partial charge on any atom is 0.290 e. The average molecular weight is 487 g/mol. The lowest BCUT2D eigenvalue weighted by Gasteiger charge is -2.11. The van der Waals surface area contributed by atoms with Gasteiger partial charge in [0.15, 0.2) is 0 Å². The Morgan fingerprint density at radius 1 is 1.12 bits per heavy atom. The molecule has 0 aromatic heterocycles. The lowest BCUT2D eigenvalue weighted by Crippen LogP contribution is -2.17. The van der Waals surface area contributed by atoms with Crippen LogP contribution in [0, 0.1) is 5.82 Å². The molecule has 1 aliphatic rings. The maximum atomic E-state index is 12.9. The third-order valence-electron chi connectivity index (χ3n) is 3.26. The largest absolute Gasteiger partial charge is 0.487 e. The number of halogens is 3. The number of rotatable bonds is 4. The van der Waals surface area contributed by atoms with Crippen molar-refractivity contribution in [1.82, 2.24) is 5.32 Å². The number of hydrogen-bond donors (Lipinski definition) is 1. The third-order valence-corrected chi connectivity index (χ3v) is 5.25. The fourth-order valence-corrected chi connectivity index (χ4v) is 4.24. The summed E-state index contributed by atoms with van der Waals surface area (Å²) in [6.07, 6.45) is 1.63. The van der Waals surface area contributed by atoms with Crippen LogP contribution in [0.15, 0.2) is 50.2 Å². The molecule has 0 spiro atoms. The Morgan fingerprint density at radius 2 is 1.76 bits per heavy atom. The highest BCUT2D eigenvalue weighted by Gasteiger charge is 2.25. The second-order valence-corrected chi connectivity index (χ2v) is 7.80. The van der Waals surface area contributed by atoms with Crippen LogP contribution in [0.2, 0.25) is 0 Å². The number of amides is 2. The van der Waals surface area contributed by atoms with Crippen molar-refractivity contribution >= 4 is 60.8 Å². The number of carbonyl (C=O) groups excluding carboxylic acids is 2. The van der Waals surface area contributed by atoms with Gasteiger partial charge < -0.3 is 4.74 Å². The summed E-state index contributed by atoms with van der Waals surface area (Å²) in [7, 11) is 0. The van der Waals surface area contributed by atoms with Gasteiger partial charge in [0.2, 0.25) is 0 Å². The zero-order chi connectivity index (χ0) is 18.0. The molecule has 1 fully saturated rings. The molecule has 4 nitrogen and oxygen atoms in total. The Labute approximate surface area is 164 Å². The molecule has 2 aromatic carbocycles. The molecule has 0 unspecified atom stereocenters. The van der Waals surface area contributed by atoms with Crippen molar-refractivity contribution in [3.8, 4) is 5.75 Å². The zero-order valence-electron chi connectivity index (χ0n) is 12.5. The van der Waals surface area contributed by atoms with E-state index in [0.29, 0.717) is 19.6 Å². The van der Waals surface area contributed by atoms with E-state index in [0.717, 1.165) is 22.9 Å². The second-order valence-electron chi connectivity index (χ2n) is 5.08. The Bertz CT molecular complexity index is 861. The van der Waals surface area contributed by atoms with Crippen LogP contribution in [-0.2, 0) is 11.4 Å². The predicted octanol–water partition coefficient (Wildman–Crippen LogP) is 5.25. The van der Waals surface area contributed by atoms with Gasteiger partial charge in [-0.25, -0.2) is 4.39 Å². The molecule has 1 heterocycles. The lowest BCUT2D eigenvalue weighted by molar-refractivity contribution is -0.115. The Hall–Kier alpha value is -1.64. The average Bonchev–Trinajstić information content (AvgIpc) is 2.86. The molecule has 0 atom stereocenters. The van der Waals surface area contributed by atoms with Gasteiger partial charge in [-0.05, 0) is 85.1 Å². The van der Waals surface area contributed by atoms with Crippen molar-refractivity contribution in [3.63, 3.8) is 0 Å². The molecule has 128 valence electrons. The first-order chi connectivity index (χ1) is 11.9. The number of carbonyl (C=O) groups is 2. The summed E-state index contributed by atoms with van der Waals surface area (Å²) in [4.78, 5) is 23.2. The highest BCUT2D eigenvalue weighted by atomic mass is 79.9. The molecular formula is C17H10Br2FNO3S. The van der Waals surface area contributed by atoms with Crippen LogP contribution in [0.3, 0.4) is 0 Å². The number of ether oxygens (including phenoxy) is 1. The van der Waals surface area contributed by atoms with Crippen LogP contribution in [0.1, 0.15) is 11.1 Å². The van der Waals surface area contributed by atoms with E-state index in [1.165, 1.54) is 12.1 Å². The van der Waals surface area contributed by atoms with E-state index >= 15 is 0 Å². The molecule has 1 aliphatic heterocycles. The number of thioether (sulfide) groups is 1. The van der Waals surface area contributed by atoms with E-state index in [2.05, 4.69) is 37.2 Å². The first-order valence-electron chi connectivity index (χ1n) is 7.03. The van der Waals surface area contributed by atoms with Gasteiger partial charge in [-0.3, -0.25) is 14.9 Å². The number of nitrogens with one attached hydrogen (secondary N) is 1. The lowest BCUT2D eigenvalue weighted by atomic mass is 10.2. The molecule has 2 amide bonds. The standard InChI is InChI=1S/C17H10Br2FNO3S/c18-12-5-10(7-14-16(22)21-17(23)25-14)6-13(19)15(12)24-8-9-1-3-11(20)4-2-9/h1-7H,8H2,(H,21,22,23)/b14-7+. The van der Waals surface area contributed by atoms with E-state index in [1.807, 2.05) is 0 Å². The van der Waals surface area contributed by atoms with Crippen LogP contribution in [0.4, 0.5) is 9.18 Å². The molecule has 1 N–H and O–H groups in total. The molecular weight excluding hydrogens is 477 g/mol. The van der Waals surface area contributed by atoms with Gasteiger partial charge in [0, 0.05) is 0 Å². The highest BCUT2D eigenvalue weighted by molar-refractivity contribution is 9.11. The summed E-state index contributed by atoms with van der Waals surface area (Å²) in [5, 5.41) is 1.83. The molecule has 0 aliphatic carbocycles. The van der Waals surface area contributed by atoms with Gasteiger partial charge in [-0.15, -0.1) is 0 Å². The Morgan fingerprint density at radius 3 is 2.32 bits per heavy atom. The number of imide groups is 1. The van der Waals surface area contributed by atoms with Crippen molar-refractivity contribution in [1.29, 1.82) is 0 Å². The van der Waals surface area contributed by atoms with E-state index in [9.17, 15) is 14.0 Å². The van der Waals surface area contributed by atoms with Gasteiger partial charge >= 0.3 is 0 Å². The molecule has 0 saturated carbocycles. The summed E-state index contributed by atoms with van der Waals surface area (Å²) >= 11 is 7.74. The third kappa shape index (κ3) is 4.50. The fourth-order valence-electron chi connectivity index (χ4n) is 2.11. The highest BCUT2D eigenvalue weighted by Crippen LogP contribution is 2.37. The Kier molecular flexibility index (Phi) is 5.61. The molecule has 3 rings (SSSR count). The first-order valence-corrected chi connectivity index (χ1v) is 9.44. The zero-order valence-corrected chi connectivity index (χ0v) is 16.5. The molecule has 0 bridgehead atoms. The van der Waals surface area contributed by atoms with Crippen molar-refractivity contribution in [2.24, 2.45) is 0 Å². The summed E-state index contributed by atoms with van der Waals surface area (Å²) in [5.74, 6) is -0.110. The van der Waals surface area contributed by atoms with Crippen molar-refractivity contribution in [2.75, 3.05) is 0 Å². The number of hydrogen-bond acceptors (Lipinski definition) is 4. The van der Waals surface area contributed by atoms with Gasteiger partial charge in [0.25, 0.3) is 11.1 Å². The van der Waals surface area contributed by atoms with E-state index in [4.69, 9.17) is 4.74 Å². The van der Waals surface area contributed by atoms with Gasteiger partial charge in [0.05, 0.1) is 13.9 Å². The minimum Gasteiger partial charge on any atom is -0.487 e. The molecule has 1 saturated heterocycles. The monoisotopic (exact) mass is 485 g/mol. The van der Waals surface area contributed by atoms with Crippen LogP contribution < -0.4 is 10.1 Å². The number of benzene rings is 2. The van der Waals surface area contributed by atoms with E-state index < -0.39 is 5.91 Å². The first kappa shape index (κ1) is 18.2. The Balaban J connectivity index is 1.78. The summed E-state index contributed by atoms with van der Waals surface area (Å²) in [6, 6.07) is 9.64. The fraction of sp³-hybridized carbons (Fsp3) is 0.0588. The minimum absolute atomic E-state index is 0.282.